The highest BCUT2D eigenvalue weighted by Gasteiger charge is 2.35. The predicted molar refractivity (Wildman–Crippen MR) is 113 cm³/mol. The Labute approximate surface area is 169 Å². The maximum absolute atomic E-state index is 10.2. The van der Waals surface area contributed by atoms with Crippen LogP contribution in [-0.2, 0) is 9.26 Å². The number of ether oxygens (including phenoxy) is 2. The van der Waals surface area contributed by atoms with Crippen LogP contribution in [0.5, 0.6) is 5.75 Å². The van der Waals surface area contributed by atoms with E-state index in [9.17, 15) is 5.11 Å². The molecular formula is C21H30ClO4P. The van der Waals surface area contributed by atoms with Crippen LogP contribution in [0.1, 0.15) is 32.6 Å². The highest BCUT2D eigenvalue weighted by molar-refractivity contribution is 7.09. The number of allylic oxidation sites excluding steroid dienone is 2. The van der Waals surface area contributed by atoms with Crippen molar-refractivity contribution in [2.75, 3.05) is 13.2 Å². The van der Waals surface area contributed by atoms with Crippen molar-refractivity contribution in [3.8, 4) is 5.75 Å². The molecule has 1 aromatic carbocycles. The fourth-order valence-corrected chi connectivity index (χ4v) is 3.54. The zero-order valence-corrected chi connectivity index (χ0v) is 17.7. The summed E-state index contributed by atoms with van der Waals surface area (Å²) < 4.78 is 16.9. The second-order valence-corrected chi connectivity index (χ2v) is 7.40. The lowest BCUT2D eigenvalue weighted by atomic mass is 9.93. The first-order valence-corrected chi connectivity index (χ1v) is 10.4. The van der Waals surface area contributed by atoms with Gasteiger partial charge >= 0.3 is 0 Å². The summed E-state index contributed by atoms with van der Waals surface area (Å²) in [5, 5.41) is 10.8. The van der Waals surface area contributed by atoms with Crippen LogP contribution in [0, 0.1) is 5.92 Å². The molecule has 0 aliphatic carbocycles. The molecule has 1 saturated heterocycles. The van der Waals surface area contributed by atoms with Crippen molar-refractivity contribution in [2.45, 2.75) is 50.9 Å². The van der Waals surface area contributed by atoms with E-state index in [-0.39, 0.29) is 24.7 Å². The normalized spacial score (nSPS) is 24.1. The van der Waals surface area contributed by atoms with E-state index in [1.807, 2.05) is 18.2 Å². The molecule has 1 aromatic rings. The number of aliphatic hydroxyl groups is 1. The van der Waals surface area contributed by atoms with Gasteiger partial charge in [0.2, 0.25) is 0 Å². The molecule has 150 valence electrons. The van der Waals surface area contributed by atoms with Gasteiger partial charge in [-0.3, -0.25) is 0 Å². The predicted octanol–water partition coefficient (Wildman–Crippen LogP) is 4.96. The highest BCUT2D eigenvalue weighted by atomic mass is 35.5. The third-order valence-electron chi connectivity index (χ3n) is 4.56. The molecule has 0 spiro atoms. The Morgan fingerprint density at radius 1 is 1.37 bits per heavy atom. The van der Waals surface area contributed by atoms with Gasteiger partial charge in [-0.1, -0.05) is 55.3 Å². The molecule has 2 rings (SSSR count). The number of halogens is 1. The number of hydrogen-bond donors (Lipinski definition) is 1. The van der Waals surface area contributed by atoms with Crippen LogP contribution in [0.15, 0.2) is 48.6 Å². The van der Waals surface area contributed by atoms with Crippen molar-refractivity contribution in [3.63, 3.8) is 0 Å². The smallest absolute Gasteiger partial charge is 0.120 e. The first kappa shape index (κ1) is 22.4. The van der Waals surface area contributed by atoms with Crippen molar-refractivity contribution < 1.29 is 19.1 Å². The minimum atomic E-state index is -0.714. The van der Waals surface area contributed by atoms with Crippen LogP contribution in [0.2, 0.25) is 5.02 Å². The van der Waals surface area contributed by atoms with E-state index in [0.717, 1.165) is 19.3 Å². The molecule has 0 amide bonds. The molecule has 1 aliphatic heterocycles. The van der Waals surface area contributed by atoms with Crippen molar-refractivity contribution in [1.29, 1.82) is 0 Å². The lowest BCUT2D eigenvalue weighted by Gasteiger charge is -2.19. The fraction of sp³-hybridized carbons (Fsp3) is 0.524. The van der Waals surface area contributed by atoms with E-state index < -0.39 is 6.10 Å². The molecule has 0 aromatic heterocycles. The minimum absolute atomic E-state index is 0.0593. The Balaban J connectivity index is 1.83. The second-order valence-electron chi connectivity index (χ2n) is 6.69. The van der Waals surface area contributed by atoms with Gasteiger partial charge in [0.15, 0.2) is 0 Å². The summed E-state index contributed by atoms with van der Waals surface area (Å²) in [5.74, 6) is 0.909. The third-order valence-corrected chi connectivity index (χ3v) is 5.14. The Kier molecular flexibility index (Phi) is 10.4. The second kappa shape index (κ2) is 12.5. The summed E-state index contributed by atoms with van der Waals surface area (Å²) in [4.78, 5) is 0. The monoisotopic (exact) mass is 412 g/mol. The van der Waals surface area contributed by atoms with Crippen LogP contribution >= 0.6 is 21.1 Å². The van der Waals surface area contributed by atoms with Gasteiger partial charge < -0.3 is 19.1 Å². The maximum atomic E-state index is 10.2. The standard InChI is InChI=1S/C21H30ClO4P/c1-2-3-4-5-6-10-19-20(25-15-21(19)26-27)12-11-17(23)14-24-18-9-7-8-16(22)13-18/h4-5,7-9,11-13,17,19-21,23H,2-3,6,10,14-15,27H2,1H3/b5-4-,12-11+/t17?,19-,20-,21?/m1/s1. The molecule has 1 N–H and O–H groups in total. The van der Waals surface area contributed by atoms with Gasteiger partial charge in [0.05, 0.1) is 18.8 Å². The first-order valence-electron chi connectivity index (χ1n) is 9.51. The average Bonchev–Trinajstić information content (AvgIpc) is 3.06. The van der Waals surface area contributed by atoms with E-state index in [4.69, 9.17) is 25.6 Å². The molecule has 27 heavy (non-hydrogen) atoms. The lowest BCUT2D eigenvalue weighted by molar-refractivity contribution is 0.115. The number of benzene rings is 1. The lowest BCUT2D eigenvalue weighted by Crippen LogP contribution is -2.24. The molecule has 1 aliphatic rings. The zero-order chi connectivity index (χ0) is 19.5. The van der Waals surface area contributed by atoms with Gasteiger partial charge in [0, 0.05) is 20.4 Å². The Morgan fingerprint density at radius 3 is 2.93 bits per heavy atom. The highest BCUT2D eigenvalue weighted by Crippen LogP contribution is 2.30. The Hall–Kier alpha value is -0.900. The summed E-state index contributed by atoms with van der Waals surface area (Å²) in [6, 6.07) is 7.13. The molecule has 1 fully saturated rings. The van der Waals surface area contributed by atoms with E-state index >= 15 is 0 Å². The Morgan fingerprint density at radius 2 is 2.19 bits per heavy atom. The van der Waals surface area contributed by atoms with Crippen molar-refractivity contribution in [3.05, 3.63) is 53.6 Å². The van der Waals surface area contributed by atoms with E-state index in [1.54, 1.807) is 18.2 Å². The molecule has 3 unspecified atom stereocenters. The summed E-state index contributed by atoms with van der Waals surface area (Å²) in [6.07, 6.45) is 11.7. The van der Waals surface area contributed by atoms with Crippen LogP contribution in [0.4, 0.5) is 0 Å². The number of rotatable bonds is 11. The maximum Gasteiger partial charge on any atom is 0.120 e. The summed E-state index contributed by atoms with van der Waals surface area (Å²) in [6.45, 7) is 2.91. The van der Waals surface area contributed by atoms with Crippen LogP contribution in [0.25, 0.3) is 0 Å². The molecule has 0 radical (unpaired) electrons. The fourth-order valence-electron chi connectivity index (χ4n) is 3.08. The van der Waals surface area contributed by atoms with Crippen LogP contribution in [0.3, 0.4) is 0 Å². The van der Waals surface area contributed by atoms with Crippen molar-refractivity contribution >= 4 is 21.1 Å². The molecule has 0 saturated carbocycles. The SMILES string of the molecule is CCC/C=C\CC[C@H]1C(OP)CO[C@@H]1/C=C/C(O)COc1cccc(Cl)c1. The molecule has 4 nitrogen and oxygen atoms in total. The quantitative estimate of drug-likeness (QED) is 0.412. The van der Waals surface area contributed by atoms with Gasteiger partial charge in [-0.2, -0.15) is 0 Å². The van der Waals surface area contributed by atoms with Gasteiger partial charge in [0.1, 0.15) is 18.5 Å². The largest absolute Gasteiger partial charge is 0.491 e. The minimum Gasteiger partial charge on any atom is -0.491 e. The van der Waals surface area contributed by atoms with E-state index in [0.29, 0.717) is 17.4 Å². The first-order chi connectivity index (χ1) is 13.1. The van der Waals surface area contributed by atoms with Crippen LogP contribution < -0.4 is 4.74 Å². The zero-order valence-electron chi connectivity index (χ0n) is 15.8. The van der Waals surface area contributed by atoms with Crippen LogP contribution in [-0.4, -0.2) is 36.6 Å². The number of unbranched alkanes of at least 4 members (excludes halogenated alkanes) is 1. The molecule has 0 bridgehead atoms. The summed E-state index contributed by atoms with van der Waals surface area (Å²) in [5.41, 5.74) is 0. The summed E-state index contributed by atoms with van der Waals surface area (Å²) >= 11 is 5.93. The van der Waals surface area contributed by atoms with Gasteiger partial charge in [0.25, 0.3) is 0 Å². The van der Waals surface area contributed by atoms with Gasteiger partial charge in [-0.25, -0.2) is 0 Å². The Bertz CT molecular complexity index is 608. The van der Waals surface area contributed by atoms with E-state index in [2.05, 4.69) is 28.5 Å². The molecule has 1 heterocycles. The van der Waals surface area contributed by atoms with Gasteiger partial charge in [-0.15, -0.1) is 0 Å². The van der Waals surface area contributed by atoms with Crippen molar-refractivity contribution in [2.24, 2.45) is 5.92 Å². The molecular weight excluding hydrogens is 383 g/mol. The topological polar surface area (TPSA) is 47.9 Å². The summed E-state index contributed by atoms with van der Waals surface area (Å²) in [7, 11) is 2.34. The van der Waals surface area contributed by atoms with Crippen molar-refractivity contribution in [1.82, 2.24) is 0 Å². The van der Waals surface area contributed by atoms with E-state index in [1.165, 1.54) is 6.42 Å². The van der Waals surface area contributed by atoms with Gasteiger partial charge in [-0.05, 0) is 37.5 Å². The molecule has 6 heteroatoms. The average molecular weight is 413 g/mol. The number of hydrogen-bond acceptors (Lipinski definition) is 4. The molecule has 5 atom stereocenters. The number of aliphatic hydroxyl groups excluding tert-OH is 1. The third kappa shape index (κ3) is 7.93.